The van der Waals surface area contributed by atoms with Crippen molar-refractivity contribution in [1.29, 1.82) is 0 Å². The molecule has 0 saturated carbocycles. The molecule has 0 radical (unpaired) electrons. The van der Waals surface area contributed by atoms with Gasteiger partial charge in [0.15, 0.2) is 0 Å². The van der Waals surface area contributed by atoms with E-state index in [0.717, 1.165) is 28.2 Å². The van der Waals surface area contributed by atoms with Gasteiger partial charge in [0.25, 0.3) is 0 Å². The van der Waals surface area contributed by atoms with Crippen LogP contribution in [0, 0.1) is 0 Å². The maximum atomic E-state index is 7.03. The molecule has 122 valence electrons. The van der Waals surface area contributed by atoms with Gasteiger partial charge < -0.3 is 15.2 Å². The zero-order valence-corrected chi connectivity index (χ0v) is 13.9. The highest BCUT2D eigenvalue weighted by Crippen LogP contribution is 2.40. The van der Waals surface area contributed by atoms with E-state index in [1.165, 1.54) is 0 Å². The first-order valence-electron chi connectivity index (χ1n) is 7.82. The number of benzene rings is 3. The molecule has 0 heterocycles. The van der Waals surface area contributed by atoms with Crippen molar-refractivity contribution < 1.29 is 9.47 Å². The highest BCUT2D eigenvalue weighted by Gasteiger charge is 2.34. The molecular formula is C21H21NO2. The summed E-state index contributed by atoms with van der Waals surface area (Å²) in [6.45, 7) is 0. The van der Waals surface area contributed by atoms with Gasteiger partial charge in [0.05, 0.1) is 19.8 Å². The van der Waals surface area contributed by atoms with Gasteiger partial charge in [0, 0.05) is 5.56 Å². The largest absolute Gasteiger partial charge is 0.497 e. The molecular weight excluding hydrogens is 298 g/mol. The molecule has 2 N–H and O–H groups in total. The highest BCUT2D eigenvalue weighted by atomic mass is 16.5. The first kappa shape index (κ1) is 16.1. The Kier molecular flexibility index (Phi) is 4.54. The van der Waals surface area contributed by atoms with Crippen molar-refractivity contribution in [3.05, 3.63) is 95.6 Å². The van der Waals surface area contributed by atoms with E-state index in [1.54, 1.807) is 14.2 Å². The van der Waals surface area contributed by atoms with Crippen molar-refractivity contribution in [3.63, 3.8) is 0 Å². The average molecular weight is 319 g/mol. The quantitative estimate of drug-likeness (QED) is 0.724. The van der Waals surface area contributed by atoms with E-state index >= 15 is 0 Å². The molecule has 3 nitrogen and oxygen atoms in total. The molecule has 0 fully saturated rings. The maximum absolute atomic E-state index is 7.03. The molecule has 0 aliphatic heterocycles. The number of rotatable bonds is 5. The molecule has 0 saturated heterocycles. The minimum absolute atomic E-state index is 0.728. The van der Waals surface area contributed by atoms with Gasteiger partial charge in [-0.05, 0) is 29.3 Å². The summed E-state index contributed by atoms with van der Waals surface area (Å²) >= 11 is 0. The third-order valence-corrected chi connectivity index (χ3v) is 4.29. The predicted octanol–water partition coefficient (Wildman–Crippen LogP) is 3.95. The molecule has 0 unspecified atom stereocenters. The molecule has 0 spiro atoms. The summed E-state index contributed by atoms with van der Waals surface area (Å²) in [7, 11) is 3.30. The van der Waals surface area contributed by atoms with Crippen LogP contribution in [0.1, 0.15) is 16.7 Å². The molecule has 24 heavy (non-hydrogen) atoms. The standard InChI is InChI=1S/C21H21NO2/c1-23-18-13-14-20(24-2)19(15-18)21(22,16-9-5-3-6-10-16)17-11-7-4-8-12-17/h3-15H,22H2,1-2H3. The van der Waals surface area contributed by atoms with Crippen molar-refractivity contribution >= 4 is 0 Å². The molecule has 0 atom stereocenters. The van der Waals surface area contributed by atoms with Crippen molar-refractivity contribution in [2.75, 3.05) is 14.2 Å². The van der Waals surface area contributed by atoms with Crippen LogP contribution >= 0.6 is 0 Å². The van der Waals surface area contributed by atoms with Crippen LogP contribution in [-0.4, -0.2) is 14.2 Å². The molecule has 0 aliphatic carbocycles. The van der Waals surface area contributed by atoms with Gasteiger partial charge in [-0.1, -0.05) is 60.7 Å². The number of hydrogen-bond donors (Lipinski definition) is 1. The predicted molar refractivity (Wildman–Crippen MR) is 96.5 cm³/mol. The molecule has 0 aromatic heterocycles. The van der Waals surface area contributed by atoms with Gasteiger partial charge >= 0.3 is 0 Å². The third kappa shape index (κ3) is 2.74. The lowest BCUT2D eigenvalue weighted by atomic mass is 9.77. The van der Waals surface area contributed by atoms with E-state index in [0.29, 0.717) is 0 Å². The Bertz CT molecular complexity index is 761. The Hall–Kier alpha value is -2.78. The normalized spacial score (nSPS) is 11.1. The van der Waals surface area contributed by atoms with E-state index in [-0.39, 0.29) is 0 Å². The van der Waals surface area contributed by atoms with Crippen LogP contribution in [-0.2, 0) is 5.54 Å². The van der Waals surface area contributed by atoms with Gasteiger partial charge in [-0.15, -0.1) is 0 Å². The monoisotopic (exact) mass is 319 g/mol. The summed E-state index contributed by atoms with van der Waals surface area (Å²) in [6, 6.07) is 25.8. The van der Waals surface area contributed by atoms with Crippen molar-refractivity contribution in [2.45, 2.75) is 5.54 Å². The van der Waals surface area contributed by atoms with Gasteiger partial charge in [0.2, 0.25) is 0 Å². The number of methoxy groups -OCH3 is 2. The molecule has 0 bridgehead atoms. The van der Waals surface area contributed by atoms with Crippen molar-refractivity contribution in [2.24, 2.45) is 5.73 Å². The van der Waals surface area contributed by atoms with E-state index < -0.39 is 5.54 Å². The van der Waals surface area contributed by atoms with Crippen LogP contribution in [0.3, 0.4) is 0 Å². The Morgan fingerprint density at radius 1 is 0.708 bits per heavy atom. The van der Waals surface area contributed by atoms with Crippen LogP contribution in [0.25, 0.3) is 0 Å². The third-order valence-electron chi connectivity index (χ3n) is 4.29. The van der Waals surface area contributed by atoms with Crippen LogP contribution < -0.4 is 15.2 Å². The van der Waals surface area contributed by atoms with Crippen LogP contribution in [0.15, 0.2) is 78.9 Å². The Balaban J connectivity index is 2.31. The van der Waals surface area contributed by atoms with Crippen LogP contribution in [0.4, 0.5) is 0 Å². The zero-order chi connectivity index (χ0) is 17.0. The van der Waals surface area contributed by atoms with Crippen LogP contribution in [0.2, 0.25) is 0 Å². The summed E-state index contributed by atoms with van der Waals surface area (Å²) in [5.74, 6) is 1.47. The average Bonchev–Trinajstić information content (AvgIpc) is 2.68. The second-order valence-corrected chi connectivity index (χ2v) is 5.61. The molecule has 3 heteroatoms. The van der Waals surface area contributed by atoms with E-state index in [9.17, 15) is 0 Å². The molecule has 0 amide bonds. The SMILES string of the molecule is COc1ccc(OC)c(C(N)(c2ccccc2)c2ccccc2)c1. The van der Waals surface area contributed by atoms with Crippen LogP contribution in [0.5, 0.6) is 11.5 Å². The minimum atomic E-state index is -0.845. The first-order chi connectivity index (χ1) is 11.7. The van der Waals surface area contributed by atoms with Gasteiger partial charge in [-0.25, -0.2) is 0 Å². The molecule has 3 aromatic rings. The highest BCUT2D eigenvalue weighted by molar-refractivity contribution is 5.56. The molecule has 3 rings (SSSR count). The summed E-state index contributed by atoms with van der Waals surface area (Å²) < 4.78 is 11.0. The number of ether oxygens (including phenoxy) is 2. The fourth-order valence-corrected chi connectivity index (χ4v) is 3.00. The van der Waals surface area contributed by atoms with Crippen molar-refractivity contribution in [1.82, 2.24) is 0 Å². The molecule has 3 aromatic carbocycles. The maximum Gasteiger partial charge on any atom is 0.124 e. The smallest absolute Gasteiger partial charge is 0.124 e. The zero-order valence-electron chi connectivity index (χ0n) is 13.9. The van der Waals surface area contributed by atoms with Gasteiger partial charge in [0.1, 0.15) is 11.5 Å². The number of nitrogens with two attached hydrogens (primary N) is 1. The van der Waals surface area contributed by atoms with Gasteiger partial charge in [-0.3, -0.25) is 0 Å². The second kappa shape index (κ2) is 6.77. The summed E-state index contributed by atoms with van der Waals surface area (Å²) in [6.07, 6.45) is 0. The minimum Gasteiger partial charge on any atom is -0.497 e. The van der Waals surface area contributed by atoms with E-state index in [2.05, 4.69) is 0 Å². The lowest BCUT2D eigenvalue weighted by Crippen LogP contribution is -2.39. The lowest BCUT2D eigenvalue weighted by molar-refractivity contribution is 0.391. The van der Waals surface area contributed by atoms with E-state index in [1.807, 2.05) is 78.9 Å². The van der Waals surface area contributed by atoms with E-state index in [4.69, 9.17) is 15.2 Å². The molecule has 0 aliphatic rings. The number of hydrogen-bond acceptors (Lipinski definition) is 3. The Labute approximate surface area is 142 Å². The fraction of sp³-hybridized carbons (Fsp3) is 0.143. The Morgan fingerprint density at radius 3 is 1.71 bits per heavy atom. The summed E-state index contributed by atoms with van der Waals surface area (Å²) in [5.41, 5.74) is 9.02. The topological polar surface area (TPSA) is 44.5 Å². The van der Waals surface area contributed by atoms with Gasteiger partial charge in [-0.2, -0.15) is 0 Å². The summed E-state index contributed by atoms with van der Waals surface area (Å²) in [5, 5.41) is 0. The summed E-state index contributed by atoms with van der Waals surface area (Å²) in [4.78, 5) is 0. The van der Waals surface area contributed by atoms with Crippen molar-refractivity contribution in [3.8, 4) is 11.5 Å². The Morgan fingerprint density at radius 2 is 1.25 bits per heavy atom. The fourth-order valence-electron chi connectivity index (χ4n) is 3.00. The second-order valence-electron chi connectivity index (χ2n) is 5.61. The first-order valence-corrected chi connectivity index (χ1v) is 7.82. The lowest BCUT2D eigenvalue weighted by Gasteiger charge is -2.33.